The van der Waals surface area contributed by atoms with Crippen LogP contribution < -0.4 is 4.72 Å². The van der Waals surface area contributed by atoms with E-state index < -0.39 is 27.4 Å². The molecule has 21 heavy (non-hydrogen) atoms. The van der Waals surface area contributed by atoms with Gasteiger partial charge in [-0.15, -0.1) is 0 Å². The second-order valence-electron chi connectivity index (χ2n) is 4.42. The van der Waals surface area contributed by atoms with Crippen LogP contribution in [0.25, 0.3) is 0 Å². The molecule has 0 spiro atoms. The lowest BCUT2D eigenvalue weighted by atomic mass is 10.1. The molecule has 0 aliphatic heterocycles. The van der Waals surface area contributed by atoms with Gasteiger partial charge in [-0.3, -0.25) is 0 Å². The van der Waals surface area contributed by atoms with Crippen molar-refractivity contribution >= 4 is 16.0 Å². The quantitative estimate of drug-likeness (QED) is 0.746. The number of sulfonamides is 1. The number of hydrogen-bond acceptors (Lipinski definition) is 4. The smallest absolute Gasteiger partial charge is 0.338 e. The highest BCUT2D eigenvalue weighted by atomic mass is 32.2. The number of nitrogens with one attached hydrogen (secondary N) is 1. The summed E-state index contributed by atoms with van der Waals surface area (Å²) in [6, 6.07) is 3.82. The Bertz CT molecular complexity index is 680. The predicted octanol–water partition coefficient (Wildman–Crippen LogP) is 1.80. The maximum Gasteiger partial charge on any atom is 0.338 e. The lowest BCUT2D eigenvalue weighted by Gasteiger charge is -2.09. The fraction of sp³-hybridized carbons (Fsp3) is 0.385. The summed E-state index contributed by atoms with van der Waals surface area (Å²) in [6.45, 7) is 1.43. The first-order valence-corrected chi connectivity index (χ1v) is 7.68. The van der Waals surface area contributed by atoms with Crippen LogP contribution in [0.3, 0.4) is 0 Å². The molecule has 0 fully saturated rings. The highest BCUT2D eigenvalue weighted by Gasteiger charge is 2.20. The van der Waals surface area contributed by atoms with E-state index in [0.717, 1.165) is 12.1 Å². The number of aromatic carboxylic acids is 1. The Morgan fingerprint density at radius 2 is 2.10 bits per heavy atom. The minimum absolute atomic E-state index is 0.0558. The molecule has 0 saturated heterocycles. The summed E-state index contributed by atoms with van der Waals surface area (Å²) >= 11 is 0. The van der Waals surface area contributed by atoms with Gasteiger partial charge in [0.2, 0.25) is 10.0 Å². The van der Waals surface area contributed by atoms with Crippen molar-refractivity contribution in [2.45, 2.75) is 31.1 Å². The number of hydrogen-bond donors (Lipinski definition) is 2. The second kappa shape index (κ2) is 7.15. The fourth-order valence-corrected chi connectivity index (χ4v) is 2.85. The molecule has 0 radical (unpaired) electrons. The zero-order valence-electron chi connectivity index (χ0n) is 11.4. The highest BCUT2D eigenvalue weighted by Crippen LogP contribution is 2.19. The number of carboxylic acid groups (broad SMARTS) is 1. The number of carbonyl (C=O) groups is 1. The molecule has 0 aromatic heterocycles. The van der Waals surface area contributed by atoms with Crippen LogP contribution in [0.2, 0.25) is 0 Å². The number of benzene rings is 1. The van der Waals surface area contributed by atoms with Gasteiger partial charge in [-0.1, -0.05) is 0 Å². The van der Waals surface area contributed by atoms with Crippen molar-refractivity contribution in [1.82, 2.24) is 4.72 Å². The third-order valence-electron chi connectivity index (χ3n) is 2.78. The molecule has 0 unspecified atom stereocenters. The van der Waals surface area contributed by atoms with Gasteiger partial charge in [-0.25, -0.2) is 22.3 Å². The van der Waals surface area contributed by atoms with Crippen LogP contribution in [0.4, 0.5) is 4.39 Å². The molecule has 2 N–H and O–H groups in total. The van der Waals surface area contributed by atoms with E-state index in [1.807, 2.05) is 6.07 Å². The number of nitriles is 1. The molecule has 0 atom stereocenters. The number of halogens is 1. The summed E-state index contributed by atoms with van der Waals surface area (Å²) in [5, 5.41) is 17.2. The van der Waals surface area contributed by atoms with E-state index in [2.05, 4.69) is 4.72 Å². The van der Waals surface area contributed by atoms with Gasteiger partial charge in [0, 0.05) is 13.0 Å². The molecule has 0 saturated carbocycles. The lowest BCUT2D eigenvalue weighted by Crippen LogP contribution is -2.25. The first-order chi connectivity index (χ1) is 9.79. The average molecular weight is 314 g/mol. The average Bonchev–Trinajstić information content (AvgIpc) is 2.40. The van der Waals surface area contributed by atoms with Crippen LogP contribution in [0, 0.1) is 24.1 Å². The van der Waals surface area contributed by atoms with Gasteiger partial charge in [-0.05, 0) is 37.5 Å². The predicted molar refractivity (Wildman–Crippen MR) is 72.7 cm³/mol. The summed E-state index contributed by atoms with van der Waals surface area (Å²) in [5.41, 5.74) is -0.736. The molecule has 8 heteroatoms. The van der Waals surface area contributed by atoms with Crippen LogP contribution in [0.5, 0.6) is 0 Å². The van der Waals surface area contributed by atoms with Gasteiger partial charge in [-0.2, -0.15) is 5.26 Å². The Hall–Kier alpha value is -1.98. The van der Waals surface area contributed by atoms with Crippen LogP contribution >= 0.6 is 0 Å². The van der Waals surface area contributed by atoms with Crippen LogP contribution in [0.15, 0.2) is 17.0 Å². The monoisotopic (exact) mass is 314 g/mol. The number of carboxylic acids is 1. The van der Waals surface area contributed by atoms with E-state index in [1.54, 1.807) is 0 Å². The fourth-order valence-electron chi connectivity index (χ4n) is 1.67. The minimum atomic E-state index is -3.91. The normalized spacial score (nSPS) is 11.1. The summed E-state index contributed by atoms with van der Waals surface area (Å²) in [6.07, 6.45) is 1.38. The van der Waals surface area contributed by atoms with Crippen molar-refractivity contribution < 1.29 is 22.7 Å². The standard InChI is InChI=1S/C13H15FN2O4S/c1-9-7-10(8-11(12(9)14)13(17)18)21(19,20)16-6-4-2-3-5-15/h7-8,16H,2-4,6H2,1H3,(H,17,18). The summed E-state index contributed by atoms with van der Waals surface area (Å²) in [5.74, 6) is -2.47. The van der Waals surface area contributed by atoms with Gasteiger partial charge in [0.15, 0.2) is 0 Å². The lowest BCUT2D eigenvalue weighted by molar-refractivity contribution is 0.0691. The molecule has 6 nitrogen and oxygen atoms in total. The van der Waals surface area contributed by atoms with E-state index in [0.29, 0.717) is 19.3 Å². The summed E-state index contributed by atoms with van der Waals surface area (Å²) in [4.78, 5) is 10.6. The van der Waals surface area contributed by atoms with Crippen LogP contribution in [-0.2, 0) is 10.0 Å². The molecule has 1 aromatic rings. The summed E-state index contributed by atoms with van der Waals surface area (Å²) in [7, 11) is -3.91. The van der Waals surface area contributed by atoms with Gasteiger partial charge in [0.25, 0.3) is 0 Å². The number of unbranched alkanes of at least 4 members (excludes halogenated alkanes) is 2. The SMILES string of the molecule is Cc1cc(S(=O)(=O)NCCCCC#N)cc(C(=O)O)c1F. The zero-order valence-corrected chi connectivity index (χ0v) is 12.2. The van der Waals surface area contributed by atoms with Gasteiger partial charge >= 0.3 is 5.97 Å². The van der Waals surface area contributed by atoms with E-state index in [1.165, 1.54) is 6.92 Å². The number of nitrogens with zero attached hydrogens (tertiary/aromatic N) is 1. The third kappa shape index (κ3) is 4.51. The number of rotatable bonds is 7. The maximum absolute atomic E-state index is 13.6. The Balaban J connectivity index is 2.94. The summed E-state index contributed by atoms with van der Waals surface area (Å²) < 4.78 is 39.9. The Morgan fingerprint density at radius 3 is 2.67 bits per heavy atom. The largest absolute Gasteiger partial charge is 0.478 e. The van der Waals surface area contributed by atoms with E-state index >= 15 is 0 Å². The van der Waals surface area contributed by atoms with Gasteiger partial charge < -0.3 is 5.11 Å². The van der Waals surface area contributed by atoms with E-state index in [9.17, 15) is 17.6 Å². The molecule has 114 valence electrons. The van der Waals surface area contributed by atoms with Crippen molar-refractivity contribution in [3.8, 4) is 6.07 Å². The third-order valence-corrected chi connectivity index (χ3v) is 4.22. The topological polar surface area (TPSA) is 107 Å². The van der Waals surface area contributed by atoms with Crippen molar-refractivity contribution in [1.29, 1.82) is 5.26 Å². The van der Waals surface area contributed by atoms with Gasteiger partial charge in [0.05, 0.1) is 16.5 Å². The molecule has 0 amide bonds. The first kappa shape index (κ1) is 17.1. The van der Waals surface area contributed by atoms with E-state index in [4.69, 9.17) is 10.4 Å². The Morgan fingerprint density at radius 1 is 1.43 bits per heavy atom. The second-order valence-corrected chi connectivity index (χ2v) is 6.19. The first-order valence-electron chi connectivity index (χ1n) is 6.19. The number of aryl methyl sites for hydroxylation is 1. The molecule has 1 rings (SSSR count). The van der Waals surface area contributed by atoms with Gasteiger partial charge in [0.1, 0.15) is 5.82 Å². The Kier molecular flexibility index (Phi) is 5.81. The minimum Gasteiger partial charge on any atom is -0.478 e. The van der Waals surface area contributed by atoms with Crippen molar-refractivity contribution in [3.63, 3.8) is 0 Å². The molecular formula is C13H15FN2O4S. The molecule has 0 bridgehead atoms. The van der Waals surface area contributed by atoms with Crippen molar-refractivity contribution in [3.05, 3.63) is 29.1 Å². The molecule has 0 aliphatic carbocycles. The maximum atomic E-state index is 13.6. The molecule has 1 aromatic carbocycles. The molecule has 0 aliphatic rings. The zero-order chi connectivity index (χ0) is 16.0. The molecule has 0 heterocycles. The highest BCUT2D eigenvalue weighted by molar-refractivity contribution is 7.89. The van der Waals surface area contributed by atoms with Crippen molar-refractivity contribution in [2.24, 2.45) is 0 Å². The molecular weight excluding hydrogens is 299 g/mol. The van der Waals surface area contributed by atoms with E-state index in [-0.39, 0.29) is 17.0 Å². The Labute approximate surface area is 122 Å². The van der Waals surface area contributed by atoms with Crippen molar-refractivity contribution in [2.75, 3.05) is 6.54 Å². The van der Waals surface area contributed by atoms with Crippen LogP contribution in [0.1, 0.15) is 35.2 Å². The van der Waals surface area contributed by atoms with Crippen LogP contribution in [-0.4, -0.2) is 26.0 Å².